The first-order chi connectivity index (χ1) is 8.17. The van der Waals surface area contributed by atoms with Gasteiger partial charge in [0.1, 0.15) is 0 Å². The predicted octanol–water partition coefficient (Wildman–Crippen LogP) is 2.25. The first-order valence-corrected chi connectivity index (χ1v) is 6.77. The van der Waals surface area contributed by atoms with Gasteiger partial charge in [-0.3, -0.25) is 20.0 Å². The maximum Gasteiger partial charge on any atom is 0.241 e. The molecule has 0 aromatic heterocycles. The number of nitrogens with zero attached hydrogens (tertiary/aromatic N) is 1. The number of carbonyl (C=O) groups is 2. The molecule has 1 saturated heterocycles. The molecule has 1 rings (SSSR count). The van der Waals surface area contributed by atoms with Crippen molar-refractivity contribution in [3.63, 3.8) is 0 Å². The van der Waals surface area contributed by atoms with Crippen molar-refractivity contribution in [2.75, 3.05) is 6.54 Å². The molecule has 98 valence electrons. The van der Waals surface area contributed by atoms with Crippen LogP contribution in [0.2, 0.25) is 0 Å². The molecular formula is C13H24N2O2. The quantitative estimate of drug-likeness (QED) is 0.694. The third kappa shape index (κ3) is 4.75. The summed E-state index contributed by atoms with van der Waals surface area (Å²) in [4.78, 5) is 23.2. The molecule has 4 heteroatoms. The van der Waals surface area contributed by atoms with E-state index in [2.05, 4.69) is 19.3 Å². The van der Waals surface area contributed by atoms with Crippen molar-refractivity contribution in [2.24, 2.45) is 5.92 Å². The molecule has 17 heavy (non-hydrogen) atoms. The van der Waals surface area contributed by atoms with Gasteiger partial charge in [-0.25, -0.2) is 0 Å². The largest absolute Gasteiger partial charge is 0.273 e. The molecule has 2 amide bonds. The number of rotatable bonds is 7. The lowest BCUT2D eigenvalue weighted by molar-refractivity contribution is -0.138. The van der Waals surface area contributed by atoms with Gasteiger partial charge in [0.05, 0.1) is 0 Å². The Balaban J connectivity index is 2.26. The lowest BCUT2D eigenvalue weighted by Crippen LogP contribution is -2.43. The first-order valence-electron chi connectivity index (χ1n) is 6.77. The van der Waals surface area contributed by atoms with E-state index in [9.17, 15) is 9.59 Å². The van der Waals surface area contributed by atoms with Crippen molar-refractivity contribution in [2.45, 2.75) is 58.8 Å². The highest BCUT2D eigenvalue weighted by atomic mass is 16.2. The number of amides is 2. The predicted molar refractivity (Wildman–Crippen MR) is 67.0 cm³/mol. The van der Waals surface area contributed by atoms with Crippen LogP contribution in [0.1, 0.15) is 58.8 Å². The second-order valence-electron chi connectivity index (χ2n) is 4.86. The number of hydrazine groups is 1. The molecule has 1 fully saturated rings. The fourth-order valence-corrected chi connectivity index (χ4v) is 2.23. The Labute approximate surface area is 104 Å². The van der Waals surface area contributed by atoms with Gasteiger partial charge in [-0.2, -0.15) is 0 Å². The minimum absolute atomic E-state index is 0.0241. The molecule has 1 aliphatic heterocycles. The average molecular weight is 240 g/mol. The number of hydrogen-bond acceptors (Lipinski definition) is 2. The van der Waals surface area contributed by atoms with Crippen molar-refractivity contribution in [3.05, 3.63) is 0 Å². The van der Waals surface area contributed by atoms with Gasteiger partial charge in [0.15, 0.2) is 0 Å². The van der Waals surface area contributed by atoms with Crippen LogP contribution in [0.3, 0.4) is 0 Å². The Kier molecular flexibility index (Phi) is 6.01. The zero-order valence-corrected chi connectivity index (χ0v) is 11.0. The van der Waals surface area contributed by atoms with Gasteiger partial charge < -0.3 is 0 Å². The molecule has 0 bridgehead atoms. The van der Waals surface area contributed by atoms with Crippen LogP contribution < -0.4 is 5.43 Å². The summed E-state index contributed by atoms with van der Waals surface area (Å²) in [6, 6.07) is 0. The van der Waals surface area contributed by atoms with E-state index in [0.717, 1.165) is 32.1 Å². The van der Waals surface area contributed by atoms with Crippen LogP contribution in [0.4, 0.5) is 0 Å². The molecule has 0 aromatic carbocycles. The molecule has 0 aromatic rings. The van der Waals surface area contributed by atoms with Gasteiger partial charge >= 0.3 is 0 Å². The first kappa shape index (κ1) is 14.0. The monoisotopic (exact) mass is 240 g/mol. The minimum atomic E-state index is -0.0241. The van der Waals surface area contributed by atoms with Crippen LogP contribution in [0, 0.1) is 5.92 Å². The molecule has 1 atom stereocenters. The molecule has 1 N–H and O–H groups in total. The molecule has 1 aliphatic rings. The third-order valence-corrected chi connectivity index (χ3v) is 3.17. The van der Waals surface area contributed by atoms with E-state index in [1.165, 1.54) is 5.01 Å². The van der Waals surface area contributed by atoms with Crippen molar-refractivity contribution in [3.8, 4) is 0 Å². The molecule has 0 saturated carbocycles. The number of unbranched alkanes of at least 4 members (excludes halogenated alkanes) is 2. The van der Waals surface area contributed by atoms with E-state index in [4.69, 9.17) is 0 Å². The maximum atomic E-state index is 11.6. The summed E-state index contributed by atoms with van der Waals surface area (Å²) in [5, 5.41) is 1.51. The smallest absolute Gasteiger partial charge is 0.241 e. The minimum Gasteiger partial charge on any atom is -0.273 e. The highest BCUT2D eigenvalue weighted by molar-refractivity contribution is 5.83. The van der Waals surface area contributed by atoms with Gasteiger partial charge in [-0.05, 0) is 18.8 Å². The van der Waals surface area contributed by atoms with Gasteiger partial charge in [0, 0.05) is 19.4 Å². The zero-order chi connectivity index (χ0) is 12.7. The van der Waals surface area contributed by atoms with Gasteiger partial charge in [-0.1, -0.05) is 33.1 Å². The van der Waals surface area contributed by atoms with Crippen LogP contribution in [0.25, 0.3) is 0 Å². The Morgan fingerprint density at radius 2 is 2.12 bits per heavy atom. The summed E-state index contributed by atoms with van der Waals surface area (Å²) in [6.45, 7) is 4.92. The lowest BCUT2D eigenvalue weighted by Gasteiger charge is -2.17. The summed E-state index contributed by atoms with van der Waals surface area (Å²) in [7, 11) is 0. The summed E-state index contributed by atoms with van der Waals surface area (Å²) < 4.78 is 0. The fraction of sp³-hybridized carbons (Fsp3) is 0.846. The van der Waals surface area contributed by atoms with E-state index in [1.807, 2.05) is 0 Å². The van der Waals surface area contributed by atoms with Crippen molar-refractivity contribution in [1.82, 2.24) is 10.4 Å². The molecule has 0 spiro atoms. The maximum absolute atomic E-state index is 11.6. The second-order valence-corrected chi connectivity index (χ2v) is 4.86. The van der Waals surface area contributed by atoms with Gasteiger partial charge in [-0.15, -0.1) is 0 Å². The third-order valence-electron chi connectivity index (χ3n) is 3.17. The van der Waals surface area contributed by atoms with Crippen LogP contribution in [0.5, 0.6) is 0 Å². The van der Waals surface area contributed by atoms with Crippen molar-refractivity contribution < 1.29 is 9.59 Å². The van der Waals surface area contributed by atoms with Gasteiger partial charge in [0.25, 0.3) is 0 Å². The van der Waals surface area contributed by atoms with Crippen LogP contribution in [-0.4, -0.2) is 23.4 Å². The molecule has 0 aliphatic carbocycles. The normalized spacial score (nSPS) is 19.8. The summed E-state index contributed by atoms with van der Waals surface area (Å²) in [5.41, 5.74) is 2.72. The standard InChI is InChI=1S/C13H24N2O2/c1-3-5-6-8-12(16)14-15-10-11(7-4-2)9-13(15)17/h11H,3-10H2,1-2H3,(H,14,16). The Morgan fingerprint density at radius 3 is 2.76 bits per heavy atom. The number of hydrogen-bond donors (Lipinski definition) is 1. The van der Waals surface area contributed by atoms with Crippen molar-refractivity contribution in [1.29, 1.82) is 0 Å². The summed E-state index contributed by atoms with van der Waals surface area (Å²) >= 11 is 0. The Morgan fingerprint density at radius 1 is 1.35 bits per heavy atom. The van der Waals surface area contributed by atoms with E-state index < -0.39 is 0 Å². The van der Waals surface area contributed by atoms with Crippen LogP contribution in [0.15, 0.2) is 0 Å². The van der Waals surface area contributed by atoms with E-state index in [1.54, 1.807) is 0 Å². The number of nitrogens with one attached hydrogen (secondary N) is 1. The molecular weight excluding hydrogens is 216 g/mol. The number of carbonyl (C=O) groups excluding carboxylic acids is 2. The SMILES string of the molecule is CCCCCC(=O)NN1CC(CCC)CC1=O. The van der Waals surface area contributed by atoms with Crippen LogP contribution >= 0.6 is 0 Å². The zero-order valence-electron chi connectivity index (χ0n) is 11.0. The van der Waals surface area contributed by atoms with Gasteiger partial charge in [0.2, 0.25) is 11.8 Å². The van der Waals surface area contributed by atoms with Crippen LogP contribution in [-0.2, 0) is 9.59 Å². The van der Waals surface area contributed by atoms with E-state index >= 15 is 0 Å². The molecule has 1 unspecified atom stereocenters. The summed E-state index contributed by atoms with van der Waals surface area (Å²) in [5.74, 6) is 0.458. The van der Waals surface area contributed by atoms with E-state index in [0.29, 0.717) is 25.3 Å². The molecule has 4 nitrogen and oxygen atoms in total. The van der Waals surface area contributed by atoms with E-state index in [-0.39, 0.29) is 11.8 Å². The Bertz CT molecular complexity index is 266. The lowest BCUT2D eigenvalue weighted by atomic mass is 10.0. The molecule has 1 heterocycles. The average Bonchev–Trinajstić information content (AvgIpc) is 2.60. The molecule has 0 radical (unpaired) electrons. The summed E-state index contributed by atoms with van der Waals surface area (Å²) in [6.07, 6.45) is 6.35. The highest BCUT2D eigenvalue weighted by Crippen LogP contribution is 2.20. The fourth-order valence-electron chi connectivity index (χ4n) is 2.23. The second kappa shape index (κ2) is 7.30. The van der Waals surface area contributed by atoms with Crippen molar-refractivity contribution >= 4 is 11.8 Å². The highest BCUT2D eigenvalue weighted by Gasteiger charge is 2.29. The Hall–Kier alpha value is -1.06. The topological polar surface area (TPSA) is 49.4 Å².